The number of anilines is 2. The van der Waals surface area contributed by atoms with Gasteiger partial charge in [-0.15, -0.1) is 0 Å². The average molecular weight is 561 g/mol. The Morgan fingerprint density at radius 1 is 1.11 bits per heavy atom. The molecule has 2 aromatic rings. The Balaban J connectivity index is 0.000000725. The monoisotopic (exact) mass is 559 g/mol. The SMILES string of the molecule is CCC.CCCC(CCC)N(C)c1ncccc1N(C=O)CC(=O)O.CS(=O)c1ccc(Cl)c(Cl)c1. The van der Waals surface area contributed by atoms with E-state index in [4.69, 9.17) is 28.3 Å². The molecule has 202 valence electrons. The van der Waals surface area contributed by atoms with E-state index < -0.39 is 16.8 Å². The number of amides is 1. The molecule has 1 aromatic carbocycles. The van der Waals surface area contributed by atoms with Gasteiger partial charge in [-0.3, -0.25) is 13.8 Å². The Labute approximate surface area is 228 Å². The fourth-order valence-electron chi connectivity index (χ4n) is 3.24. The normalized spacial score (nSPS) is 10.9. The third-order valence-corrected chi connectivity index (χ3v) is 6.51. The lowest BCUT2D eigenvalue weighted by Gasteiger charge is -2.31. The maximum atomic E-state index is 11.3. The zero-order chi connectivity index (χ0) is 27.7. The molecule has 7 nitrogen and oxygen atoms in total. The zero-order valence-electron chi connectivity index (χ0n) is 22.0. The van der Waals surface area contributed by atoms with Crippen molar-refractivity contribution in [2.24, 2.45) is 0 Å². The fraction of sp³-hybridized carbons (Fsp3) is 0.500. The number of carboxylic acids is 1. The van der Waals surface area contributed by atoms with E-state index in [1.165, 1.54) is 11.3 Å². The van der Waals surface area contributed by atoms with E-state index in [0.717, 1.165) is 25.7 Å². The molecule has 1 heterocycles. The summed E-state index contributed by atoms with van der Waals surface area (Å²) in [7, 11) is 0.959. The Bertz CT molecular complexity index is 957. The summed E-state index contributed by atoms with van der Waals surface area (Å²) < 4.78 is 10.9. The van der Waals surface area contributed by atoms with Crippen LogP contribution in [0.4, 0.5) is 11.5 Å². The number of nitrogens with zero attached hydrogens (tertiary/aromatic N) is 3. The van der Waals surface area contributed by atoms with Gasteiger partial charge in [0.05, 0.1) is 15.7 Å². The van der Waals surface area contributed by atoms with Crippen molar-refractivity contribution in [1.29, 1.82) is 0 Å². The number of carbonyl (C=O) groups is 2. The highest BCUT2D eigenvalue weighted by Gasteiger charge is 2.21. The van der Waals surface area contributed by atoms with Crippen LogP contribution in [0.1, 0.15) is 59.8 Å². The van der Waals surface area contributed by atoms with Crippen LogP contribution in [0.3, 0.4) is 0 Å². The topological polar surface area (TPSA) is 90.8 Å². The fourth-order valence-corrected chi connectivity index (χ4v) is 4.14. The summed E-state index contributed by atoms with van der Waals surface area (Å²) in [6, 6.07) is 8.71. The van der Waals surface area contributed by atoms with E-state index in [9.17, 15) is 13.8 Å². The first-order chi connectivity index (χ1) is 17.1. The first-order valence-corrected chi connectivity index (χ1v) is 14.3. The Kier molecular flexibility index (Phi) is 17.9. The number of aliphatic carboxylic acids is 1. The molecule has 1 amide bonds. The summed E-state index contributed by atoms with van der Waals surface area (Å²) in [5.41, 5.74) is 0.527. The molecule has 10 heteroatoms. The van der Waals surface area contributed by atoms with Crippen molar-refractivity contribution in [1.82, 2.24) is 4.98 Å². The van der Waals surface area contributed by atoms with Gasteiger partial charge in [-0.2, -0.15) is 0 Å². The summed E-state index contributed by atoms with van der Waals surface area (Å²) >= 11 is 11.3. The molecule has 0 radical (unpaired) electrons. The van der Waals surface area contributed by atoms with Gasteiger partial charge >= 0.3 is 5.97 Å². The molecule has 0 aliphatic rings. The largest absolute Gasteiger partial charge is 0.480 e. The van der Waals surface area contributed by atoms with Crippen LogP contribution < -0.4 is 9.80 Å². The molecule has 1 aromatic heterocycles. The van der Waals surface area contributed by atoms with Crippen molar-refractivity contribution in [3.8, 4) is 0 Å². The van der Waals surface area contributed by atoms with E-state index in [2.05, 4.69) is 37.6 Å². The van der Waals surface area contributed by atoms with Crippen LogP contribution in [-0.4, -0.2) is 52.6 Å². The molecule has 0 saturated carbocycles. The van der Waals surface area contributed by atoms with Gasteiger partial charge in [0.25, 0.3) is 0 Å². The predicted octanol–water partition coefficient (Wildman–Crippen LogP) is 6.68. The third kappa shape index (κ3) is 12.2. The van der Waals surface area contributed by atoms with Gasteiger partial charge in [0.2, 0.25) is 6.41 Å². The molecular formula is C26H39Cl2N3O4S. The van der Waals surface area contributed by atoms with Gasteiger partial charge < -0.3 is 14.9 Å². The molecule has 0 bridgehead atoms. The number of hydrogen-bond donors (Lipinski definition) is 1. The Morgan fingerprint density at radius 3 is 2.14 bits per heavy atom. The van der Waals surface area contributed by atoms with E-state index in [-0.39, 0.29) is 6.54 Å². The molecule has 2 rings (SSSR count). The highest BCUT2D eigenvalue weighted by Crippen LogP contribution is 2.28. The molecule has 1 unspecified atom stereocenters. The quantitative estimate of drug-likeness (QED) is 0.308. The minimum Gasteiger partial charge on any atom is -0.480 e. The van der Waals surface area contributed by atoms with Gasteiger partial charge in [0.1, 0.15) is 6.54 Å². The van der Waals surface area contributed by atoms with Crippen LogP contribution in [0.15, 0.2) is 41.4 Å². The van der Waals surface area contributed by atoms with Crippen molar-refractivity contribution >= 4 is 57.9 Å². The number of hydrogen-bond acceptors (Lipinski definition) is 5. The molecule has 0 aliphatic heterocycles. The van der Waals surface area contributed by atoms with E-state index in [1.54, 1.807) is 42.8 Å². The Morgan fingerprint density at radius 2 is 1.69 bits per heavy atom. The van der Waals surface area contributed by atoms with Crippen LogP contribution in [0.2, 0.25) is 10.0 Å². The predicted molar refractivity (Wildman–Crippen MR) is 152 cm³/mol. The van der Waals surface area contributed by atoms with Crippen molar-refractivity contribution in [3.63, 3.8) is 0 Å². The zero-order valence-corrected chi connectivity index (χ0v) is 24.4. The van der Waals surface area contributed by atoms with Crippen LogP contribution in [-0.2, 0) is 20.4 Å². The summed E-state index contributed by atoms with van der Waals surface area (Å²) in [5.74, 6) is -0.411. The van der Waals surface area contributed by atoms with Crippen LogP contribution >= 0.6 is 23.2 Å². The summed E-state index contributed by atoms with van der Waals surface area (Å²) in [5, 5.41) is 9.88. The van der Waals surface area contributed by atoms with E-state index in [0.29, 0.717) is 38.9 Å². The summed E-state index contributed by atoms with van der Waals surface area (Å²) in [4.78, 5) is 30.5. The number of carbonyl (C=O) groups excluding carboxylic acids is 1. The number of benzene rings is 1. The second-order valence-electron chi connectivity index (χ2n) is 8.05. The maximum absolute atomic E-state index is 11.3. The standard InChI is InChI=1S/C16H25N3O3.C7H6Cl2OS.C3H8/c1-4-7-13(8-5-2)18(3)16-14(9-6-10-17-16)19(12-20)11-15(21)22;1-11(10)5-2-3-6(8)7(9)4-5;1-3-2/h6,9-10,12-13H,4-5,7-8,11H2,1-3H3,(H,21,22);2-4H,1H3;3H2,1-2H3. The highest BCUT2D eigenvalue weighted by molar-refractivity contribution is 7.84. The number of aromatic nitrogens is 1. The molecule has 1 N–H and O–H groups in total. The number of carboxylic acid groups (broad SMARTS) is 1. The van der Waals surface area contributed by atoms with Gasteiger partial charge in [0, 0.05) is 41.2 Å². The van der Waals surface area contributed by atoms with Gasteiger partial charge in [0.15, 0.2) is 5.82 Å². The molecule has 1 atom stereocenters. The molecule has 36 heavy (non-hydrogen) atoms. The van der Waals surface area contributed by atoms with Crippen LogP contribution in [0.25, 0.3) is 0 Å². The van der Waals surface area contributed by atoms with Crippen molar-refractivity contribution in [3.05, 3.63) is 46.6 Å². The van der Waals surface area contributed by atoms with Crippen molar-refractivity contribution in [2.75, 3.05) is 29.6 Å². The molecule has 0 fully saturated rings. The molecule has 0 spiro atoms. The van der Waals surface area contributed by atoms with E-state index >= 15 is 0 Å². The van der Waals surface area contributed by atoms with Crippen LogP contribution in [0, 0.1) is 0 Å². The minimum atomic E-state index is -1.05. The molecular weight excluding hydrogens is 521 g/mol. The van der Waals surface area contributed by atoms with Gasteiger partial charge in [-0.1, -0.05) is 70.2 Å². The maximum Gasteiger partial charge on any atom is 0.323 e. The van der Waals surface area contributed by atoms with Gasteiger partial charge in [-0.25, -0.2) is 4.98 Å². The number of rotatable bonds is 11. The average Bonchev–Trinajstić information content (AvgIpc) is 2.84. The lowest BCUT2D eigenvalue weighted by Crippen LogP contribution is -2.35. The van der Waals surface area contributed by atoms with Crippen molar-refractivity contribution in [2.45, 2.75) is 70.7 Å². The number of halogens is 2. The number of pyridine rings is 1. The lowest BCUT2D eigenvalue weighted by molar-refractivity contribution is -0.136. The minimum absolute atomic E-state index is 0.321. The molecule has 0 saturated heterocycles. The Hall–Kier alpha value is -2.16. The highest BCUT2D eigenvalue weighted by atomic mass is 35.5. The van der Waals surface area contributed by atoms with Crippen molar-refractivity contribution < 1.29 is 18.9 Å². The second kappa shape index (κ2) is 19.0. The first kappa shape index (κ1) is 33.8. The second-order valence-corrected chi connectivity index (χ2v) is 10.2. The van der Waals surface area contributed by atoms with Crippen LogP contribution in [0.5, 0.6) is 0 Å². The van der Waals surface area contributed by atoms with Gasteiger partial charge in [-0.05, 0) is 43.2 Å². The van der Waals surface area contributed by atoms with E-state index in [1.807, 2.05) is 7.05 Å². The summed E-state index contributed by atoms with van der Waals surface area (Å²) in [6.07, 6.45) is 9.22. The summed E-state index contributed by atoms with van der Waals surface area (Å²) in [6.45, 7) is 8.15. The molecule has 0 aliphatic carbocycles. The third-order valence-electron chi connectivity index (χ3n) is 4.86. The smallest absolute Gasteiger partial charge is 0.323 e. The first-order valence-electron chi connectivity index (χ1n) is 12.0. The lowest BCUT2D eigenvalue weighted by atomic mass is 10.1.